The highest BCUT2D eigenvalue weighted by atomic mass is 32.2. The van der Waals surface area contributed by atoms with Gasteiger partial charge in [0.05, 0.1) is 6.26 Å². The van der Waals surface area contributed by atoms with Crippen molar-refractivity contribution in [3.8, 4) is 0 Å². The van der Waals surface area contributed by atoms with Crippen LogP contribution in [0.3, 0.4) is 0 Å². The first-order valence-electron chi connectivity index (χ1n) is 9.61. The van der Waals surface area contributed by atoms with Gasteiger partial charge >= 0.3 is 6.18 Å². The molecule has 0 atom stereocenters. The van der Waals surface area contributed by atoms with Gasteiger partial charge < -0.3 is 16.4 Å². The first-order chi connectivity index (χ1) is 15.5. The predicted molar refractivity (Wildman–Crippen MR) is 119 cm³/mol. The molecule has 13 heteroatoms. The molecule has 0 unspecified atom stereocenters. The Hall–Kier alpha value is -3.45. The molecule has 0 bridgehead atoms. The topological polar surface area (TPSA) is 126 Å². The van der Waals surface area contributed by atoms with Crippen LogP contribution < -0.4 is 20.7 Å². The minimum absolute atomic E-state index is 0.0562. The van der Waals surface area contributed by atoms with E-state index in [0.717, 1.165) is 16.1 Å². The molecular formula is C20H22F3N7O2S. The highest BCUT2D eigenvalue weighted by Gasteiger charge is 2.35. The molecule has 0 radical (unpaired) electrons. The zero-order valence-corrected chi connectivity index (χ0v) is 18.6. The third-order valence-electron chi connectivity index (χ3n) is 4.62. The van der Waals surface area contributed by atoms with Crippen LogP contribution in [0.5, 0.6) is 0 Å². The molecule has 0 amide bonds. The summed E-state index contributed by atoms with van der Waals surface area (Å²) in [5, 5.41) is 5.50. The second-order valence-electron chi connectivity index (χ2n) is 7.05. The van der Waals surface area contributed by atoms with E-state index in [2.05, 4.69) is 25.6 Å². The number of pyridine rings is 1. The lowest BCUT2D eigenvalue weighted by Crippen LogP contribution is -2.27. The van der Waals surface area contributed by atoms with Crippen LogP contribution in [0.2, 0.25) is 0 Å². The number of anilines is 4. The van der Waals surface area contributed by atoms with Gasteiger partial charge in [0.2, 0.25) is 16.0 Å². The second-order valence-corrected chi connectivity index (χ2v) is 9.07. The van der Waals surface area contributed by atoms with E-state index in [1.54, 1.807) is 30.3 Å². The third-order valence-corrected chi connectivity index (χ3v) is 5.79. The van der Waals surface area contributed by atoms with Crippen molar-refractivity contribution in [2.45, 2.75) is 19.3 Å². The van der Waals surface area contributed by atoms with Gasteiger partial charge in [-0.1, -0.05) is 18.2 Å². The van der Waals surface area contributed by atoms with Crippen LogP contribution in [0.25, 0.3) is 0 Å². The Balaban J connectivity index is 1.91. The smallest absolute Gasteiger partial charge is 0.365 e. The summed E-state index contributed by atoms with van der Waals surface area (Å²) in [6.07, 6.45) is -1.63. The summed E-state index contributed by atoms with van der Waals surface area (Å²) in [7, 11) is -2.31. The zero-order chi connectivity index (χ0) is 24.2. The van der Waals surface area contributed by atoms with E-state index in [-0.39, 0.29) is 18.3 Å². The first kappa shape index (κ1) is 24.2. The number of sulfonamides is 1. The van der Waals surface area contributed by atoms with Crippen molar-refractivity contribution in [2.24, 2.45) is 5.73 Å². The monoisotopic (exact) mass is 481 g/mol. The number of nitrogens with zero attached hydrogens (tertiary/aromatic N) is 4. The van der Waals surface area contributed by atoms with E-state index in [4.69, 9.17) is 5.73 Å². The van der Waals surface area contributed by atoms with Crippen molar-refractivity contribution < 1.29 is 21.6 Å². The fourth-order valence-corrected chi connectivity index (χ4v) is 3.36. The summed E-state index contributed by atoms with van der Waals surface area (Å²) in [6.45, 7) is 0.136. The van der Waals surface area contributed by atoms with Crippen LogP contribution in [0.15, 0.2) is 48.8 Å². The van der Waals surface area contributed by atoms with Crippen LogP contribution in [0, 0.1) is 0 Å². The molecular weight excluding hydrogens is 459 g/mol. The van der Waals surface area contributed by atoms with E-state index in [1.807, 2.05) is 6.07 Å². The lowest BCUT2D eigenvalue weighted by molar-refractivity contribution is -0.137. The van der Waals surface area contributed by atoms with Crippen LogP contribution in [-0.4, -0.2) is 36.7 Å². The Morgan fingerprint density at radius 3 is 2.58 bits per heavy atom. The first-order valence-corrected chi connectivity index (χ1v) is 11.5. The van der Waals surface area contributed by atoms with E-state index >= 15 is 0 Å². The number of nitrogens with one attached hydrogen (secondary N) is 2. The largest absolute Gasteiger partial charge is 0.421 e. The maximum Gasteiger partial charge on any atom is 0.421 e. The van der Waals surface area contributed by atoms with Gasteiger partial charge in [-0.3, -0.25) is 4.31 Å². The maximum atomic E-state index is 13.5. The standard InChI is InChI=1S/C20H22F3N7O2S/c1-30(33(2,31)32)18-14(6-4-8-25-18)11-26-17-16(20(21,22)23)12-27-19(29-17)28-15-7-3-5-13(9-15)10-24/h3-9,12H,10-11,24H2,1-2H3,(H2,26,27,28,29). The average molecular weight is 482 g/mol. The number of nitrogens with two attached hydrogens (primary N) is 1. The average Bonchev–Trinajstić information content (AvgIpc) is 2.76. The molecule has 9 nitrogen and oxygen atoms in total. The van der Waals surface area contributed by atoms with E-state index < -0.39 is 27.6 Å². The Morgan fingerprint density at radius 2 is 1.91 bits per heavy atom. The number of halogens is 3. The number of hydrogen-bond donors (Lipinski definition) is 3. The van der Waals surface area contributed by atoms with Crippen molar-refractivity contribution in [2.75, 3.05) is 28.2 Å². The Kier molecular flexibility index (Phi) is 7.03. The van der Waals surface area contributed by atoms with E-state index in [1.165, 1.54) is 13.2 Å². The summed E-state index contributed by atoms with van der Waals surface area (Å²) >= 11 is 0. The minimum atomic E-state index is -4.71. The molecule has 33 heavy (non-hydrogen) atoms. The molecule has 2 heterocycles. The van der Waals surface area contributed by atoms with Gasteiger partial charge in [-0.2, -0.15) is 18.2 Å². The lowest BCUT2D eigenvalue weighted by Gasteiger charge is -2.20. The number of aromatic nitrogens is 3. The van der Waals surface area contributed by atoms with Crippen LogP contribution in [0.4, 0.5) is 36.4 Å². The molecule has 0 saturated carbocycles. The molecule has 0 fully saturated rings. The molecule has 0 aliphatic rings. The fourth-order valence-electron chi connectivity index (χ4n) is 2.88. The van der Waals surface area contributed by atoms with Gasteiger partial charge in [0.15, 0.2) is 0 Å². The molecule has 2 aromatic heterocycles. The summed E-state index contributed by atoms with van der Waals surface area (Å²) in [6, 6.07) is 10.1. The number of alkyl halides is 3. The predicted octanol–water partition coefficient (Wildman–Crippen LogP) is 3.10. The molecule has 0 aliphatic carbocycles. The minimum Gasteiger partial charge on any atom is -0.365 e. The Bertz CT molecular complexity index is 1240. The van der Waals surface area contributed by atoms with Gasteiger partial charge in [0, 0.05) is 43.8 Å². The summed E-state index contributed by atoms with van der Waals surface area (Å²) < 4.78 is 65.3. The van der Waals surface area contributed by atoms with Crippen molar-refractivity contribution >= 4 is 33.3 Å². The highest BCUT2D eigenvalue weighted by molar-refractivity contribution is 7.92. The SMILES string of the molecule is CN(c1ncccc1CNc1nc(Nc2cccc(CN)c2)ncc1C(F)(F)F)S(C)(=O)=O. The van der Waals surface area contributed by atoms with Gasteiger partial charge in [0.1, 0.15) is 17.2 Å². The third kappa shape index (κ3) is 6.08. The fraction of sp³-hybridized carbons (Fsp3) is 0.250. The molecule has 0 spiro atoms. The van der Waals surface area contributed by atoms with Crippen molar-refractivity contribution in [1.82, 2.24) is 15.0 Å². The molecule has 4 N–H and O–H groups in total. The highest BCUT2D eigenvalue weighted by Crippen LogP contribution is 2.34. The quantitative estimate of drug-likeness (QED) is 0.448. The summed E-state index contributed by atoms with van der Waals surface area (Å²) in [5.74, 6) is -0.432. The number of hydrogen-bond acceptors (Lipinski definition) is 8. The lowest BCUT2D eigenvalue weighted by atomic mass is 10.2. The second kappa shape index (κ2) is 9.58. The summed E-state index contributed by atoms with van der Waals surface area (Å²) in [4.78, 5) is 11.8. The molecule has 0 aliphatic heterocycles. The molecule has 3 aromatic rings. The van der Waals surface area contributed by atoms with Gasteiger partial charge in [-0.05, 0) is 23.8 Å². The number of benzene rings is 1. The zero-order valence-electron chi connectivity index (χ0n) is 17.8. The normalized spacial score (nSPS) is 11.8. The molecule has 1 aromatic carbocycles. The molecule has 176 valence electrons. The maximum absolute atomic E-state index is 13.5. The van der Waals surface area contributed by atoms with E-state index in [0.29, 0.717) is 24.0 Å². The molecule has 0 saturated heterocycles. The van der Waals surface area contributed by atoms with E-state index in [9.17, 15) is 21.6 Å². The number of rotatable bonds is 8. The molecule has 3 rings (SSSR count). The van der Waals surface area contributed by atoms with Crippen LogP contribution in [0.1, 0.15) is 16.7 Å². The summed E-state index contributed by atoms with van der Waals surface area (Å²) in [5.41, 5.74) is 6.30. The van der Waals surface area contributed by atoms with Crippen molar-refractivity contribution in [3.05, 3.63) is 65.5 Å². The van der Waals surface area contributed by atoms with Crippen molar-refractivity contribution in [3.63, 3.8) is 0 Å². The van der Waals surface area contributed by atoms with Gasteiger partial charge in [0.25, 0.3) is 0 Å². The Labute approximate surface area is 188 Å². The van der Waals surface area contributed by atoms with Crippen molar-refractivity contribution in [1.29, 1.82) is 0 Å². The Morgan fingerprint density at radius 1 is 1.15 bits per heavy atom. The van der Waals surface area contributed by atoms with Crippen LogP contribution >= 0.6 is 0 Å². The van der Waals surface area contributed by atoms with Gasteiger partial charge in [-0.25, -0.2) is 18.4 Å². The van der Waals surface area contributed by atoms with Gasteiger partial charge in [-0.15, -0.1) is 0 Å². The van der Waals surface area contributed by atoms with Crippen LogP contribution in [-0.2, 0) is 29.3 Å².